The van der Waals surface area contributed by atoms with Crippen LogP contribution < -0.4 is 10.6 Å². The Bertz CT molecular complexity index is 490. The minimum Gasteiger partial charge on any atom is -0.478 e. The summed E-state index contributed by atoms with van der Waals surface area (Å²) in [6.45, 7) is 5.11. The van der Waals surface area contributed by atoms with Crippen LogP contribution in [0.3, 0.4) is 0 Å². The number of carboxylic acid groups (broad SMARTS) is 1. The van der Waals surface area contributed by atoms with Crippen LogP contribution in [0.5, 0.6) is 0 Å². The average molecular weight is 277 g/mol. The van der Waals surface area contributed by atoms with E-state index in [1.54, 1.807) is 12.1 Å². The SMILES string of the molecule is CCC1CN(C)CCCN1c1cccc(C(=O)O)c1N. The van der Waals surface area contributed by atoms with Crippen LogP contribution in [0.1, 0.15) is 30.1 Å². The fourth-order valence-corrected chi connectivity index (χ4v) is 2.90. The van der Waals surface area contributed by atoms with E-state index < -0.39 is 5.97 Å². The Morgan fingerprint density at radius 3 is 2.85 bits per heavy atom. The maximum Gasteiger partial charge on any atom is 0.337 e. The summed E-state index contributed by atoms with van der Waals surface area (Å²) in [5.41, 5.74) is 7.50. The molecule has 0 saturated carbocycles. The summed E-state index contributed by atoms with van der Waals surface area (Å²) < 4.78 is 0. The van der Waals surface area contributed by atoms with E-state index in [1.807, 2.05) is 6.07 Å². The minimum absolute atomic E-state index is 0.190. The molecule has 1 heterocycles. The molecule has 0 radical (unpaired) electrons. The summed E-state index contributed by atoms with van der Waals surface area (Å²) in [4.78, 5) is 15.8. The zero-order chi connectivity index (χ0) is 14.7. The summed E-state index contributed by atoms with van der Waals surface area (Å²) in [5, 5.41) is 9.20. The molecule has 0 amide bonds. The van der Waals surface area contributed by atoms with Gasteiger partial charge in [0.2, 0.25) is 0 Å². The first-order valence-electron chi connectivity index (χ1n) is 7.11. The molecular formula is C15H23N3O2. The molecule has 0 bridgehead atoms. The van der Waals surface area contributed by atoms with Gasteiger partial charge >= 0.3 is 5.97 Å². The molecule has 110 valence electrons. The topological polar surface area (TPSA) is 69.8 Å². The third-order valence-electron chi connectivity index (χ3n) is 4.00. The van der Waals surface area contributed by atoms with Crippen LogP contribution in [0.4, 0.5) is 11.4 Å². The number of rotatable bonds is 3. The molecule has 1 aliphatic rings. The largest absolute Gasteiger partial charge is 0.478 e. The molecule has 20 heavy (non-hydrogen) atoms. The molecule has 1 aromatic rings. The van der Waals surface area contributed by atoms with Crippen molar-refractivity contribution in [3.8, 4) is 0 Å². The molecule has 1 aliphatic heterocycles. The predicted molar refractivity (Wildman–Crippen MR) is 81.4 cm³/mol. The van der Waals surface area contributed by atoms with E-state index in [2.05, 4.69) is 23.8 Å². The van der Waals surface area contributed by atoms with Crippen LogP contribution in [0.15, 0.2) is 18.2 Å². The standard InChI is InChI=1S/C15H23N3O2/c1-3-11-10-17(2)8-5-9-18(11)13-7-4-6-12(14(13)16)15(19)20/h4,6-7,11H,3,5,8-10,16H2,1-2H3,(H,19,20). The summed E-state index contributed by atoms with van der Waals surface area (Å²) in [7, 11) is 2.13. The van der Waals surface area contributed by atoms with Crippen molar-refractivity contribution in [2.45, 2.75) is 25.8 Å². The molecule has 0 spiro atoms. The Hall–Kier alpha value is -1.75. The van der Waals surface area contributed by atoms with Crippen LogP contribution >= 0.6 is 0 Å². The molecule has 0 aromatic heterocycles. The summed E-state index contributed by atoms with van der Waals surface area (Å²) in [6, 6.07) is 5.63. The van der Waals surface area contributed by atoms with Gasteiger partial charge < -0.3 is 20.6 Å². The van der Waals surface area contributed by atoms with E-state index in [0.717, 1.165) is 38.2 Å². The van der Waals surface area contributed by atoms with Crippen molar-refractivity contribution in [1.82, 2.24) is 4.90 Å². The van der Waals surface area contributed by atoms with Crippen molar-refractivity contribution < 1.29 is 9.90 Å². The highest BCUT2D eigenvalue weighted by molar-refractivity contribution is 5.97. The van der Waals surface area contributed by atoms with E-state index in [-0.39, 0.29) is 5.56 Å². The number of hydrogen-bond donors (Lipinski definition) is 2. The van der Waals surface area contributed by atoms with Gasteiger partial charge in [0.1, 0.15) is 0 Å². The Morgan fingerprint density at radius 1 is 1.45 bits per heavy atom. The zero-order valence-electron chi connectivity index (χ0n) is 12.2. The Kier molecular flexibility index (Phi) is 4.49. The van der Waals surface area contributed by atoms with Gasteiger partial charge in [0.25, 0.3) is 0 Å². The third kappa shape index (κ3) is 2.88. The van der Waals surface area contributed by atoms with Crippen LogP contribution in [0.2, 0.25) is 0 Å². The number of anilines is 2. The van der Waals surface area contributed by atoms with Crippen molar-refractivity contribution in [3.63, 3.8) is 0 Å². The number of likely N-dealkylation sites (N-methyl/N-ethyl adjacent to an activating group) is 1. The number of carbonyl (C=O) groups is 1. The van der Waals surface area contributed by atoms with Gasteiger partial charge in [-0.3, -0.25) is 0 Å². The van der Waals surface area contributed by atoms with Gasteiger partial charge in [-0.25, -0.2) is 4.79 Å². The molecule has 5 heteroatoms. The first-order valence-corrected chi connectivity index (χ1v) is 7.11. The predicted octanol–water partition coefficient (Wildman–Crippen LogP) is 1.89. The summed E-state index contributed by atoms with van der Waals surface area (Å²) in [5.74, 6) is -0.968. The van der Waals surface area contributed by atoms with E-state index in [0.29, 0.717) is 11.7 Å². The first-order chi connectivity index (χ1) is 9.54. The number of carboxylic acids is 1. The molecule has 3 N–H and O–H groups in total. The lowest BCUT2D eigenvalue weighted by molar-refractivity contribution is 0.0698. The van der Waals surface area contributed by atoms with Crippen molar-refractivity contribution in [2.24, 2.45) is 0 Å². The van der Waals surface area contributed by atoms with E-state index in [9.17, 15) is 9.90 Å². The van der Waals surface area contributed by atoms with E-state index >= 15 is 0 Å². The highest BCUT2D eigenvalue weighted by atomic mass is 16.4. The lowest BCUT2D eigenvalue weighted by atomic mass is 10.1. The number of para-hydroxylation sites is 1. The maximum atomic E-state index is 11.2. The normalized spacial score (nSPS) is 20.7. The monoisotopic (exact) mass is 277 g/mol. The van der Waals surface area contributed by atoms with Crippen molar-refractivity contribution in [1.29, 1.82) is 0 Å². The zero-order valence-corrected chi connectivity index (χ0v) is 12.2. The average Bonchev–Trinajstić information content (AvgIpc) is 2.60. The quantitative estimate of drug-likeness (QED) is 0.826. The molecule has 1 saturated heterocycles. The van der Waals surface area contributed by atoms with Gasteiger partial charge in [0, 0.05) is 19.1 Å². The van der Waals surface area contributed by atoms with Crippen molar-refractivity contribution in [2.75, 3.05) is 37.3 Å². The Labute approximate surface area is 120 Å². The number of benzene rings is 1. The highest BCUT2D eigenvalue weighted by Crippen LogP contribution is 2.30. The van der Waals surface area contributed by atoms with Crippen LogP contribution in [0, 0.1) is 0 Å². The minimum atomic E-state index is -0.968. The number of hydrogen-bond acceptors (Lipinski definition) is 4. The number of nitrogen functional groups attached to an aromatic ring is 1. The fraction of sp³-hybridized carbons (Fsp3) is 0.533. The molecule has 0 aliphatic carbocycles. The smallest absolute Gasteiger partial charge is 0.337 e. The molecule has 5 nitrogen and oxygen atoms in total. The van der Waals surface area contributed by atoms with E-state index in [1.165, 1.54) is 0 Å². The van der Waals surface area contributed by atoms with Gasteiger partial charge in [-0.1, -0.05) is 13.0 Å². The van der Waals surface area contributed by atoms with Gasteiger partial charge in [0.05, 0.1) is 16.9 Å². The second-order valence-electron chi connectivity index (χ2n) is 5.41. The van der Waals surface area contributed by atoms with Crippen LogP contribution in [-0.4, -0.2) is 48.7 Å². The first kappa shape index (κ1) is 14.7. The summed E-state index contributed by atoms with van der Waals surface area (Å²) in [6.07, 6.45) is 2.07. The Morgan fingerprint density at radius 2 is 2.20 bits per heavy atom. The van der Waals surface area contributed by atoms with Crippen LogP contribution in [0.25, 0.3) is 0 Å². The van der Waals surface area contributed by atoms with Crippen molar-refractivity contribution >= 4 is 17.3 Å². The summed E-state index contributed by atoms with van der Waals surface area (Å²) >= 11 is 0. The number of nitrogens with two attached hydrogens (primary N) is 1. The highest BCUT2D eigenvalue weighted by Gasteiger charge is 2.25. The molecule has 1 aromatic carbocycles. The van der Waals surface area contributed by atoms with Gasteiger partial charge in [-0.15, -0.1) is 0 Å². The molecule has 2 rings (SSSR count). The second-order valence-corrected chi connectivity index (χ2v) is 5.41. The van der Waals surface area contributed by atoms with Crippen LogP contribution in [-0.2, 0) is 0 Å². The maximum absolute atomic E-state index is 11.2. The van der Waals surface area contributed by atoms with Gasteiger partial charge in [0.15, 0.2) is 0 Å². The lowest BCUT2D eigenvalue weighted by Crippen LogP contribution is -2.40. The Balaban J connectivity index is 2.38. The second kappa shape index (κ2) is 6.13. The molecule has 1 atom stereocenters. The van der Waals surface area contributed by atoms with E-state index in [4.69, 9.17) is 5.73 Å². The molecule has 1 fully saturated rings. The van der Waals surface area contributed by atoms with Gasteiger partial charge in [-0.2, -0.15) is 0 Å². The van der Waals surface area contributed by atoms with Gasteiger partial charge in [-0.05, 0) is 38.6 Å². The number of aromatic carboxylic acids is 1. The third-order valence-corrected chi connectivity index (χ3v) is 4.00. The van der Waals surface area contributed by atoms with Crippen molar-refractivity contribution in [3.05, 3.63) is 23.8 Å². The molecular weight excluding hydrogens is 254 g/mol. The molecule has 1 unspecified atom stereocenters. The lowest BCUT2D eigenvalue weighted by Gasteiger charge is -2.33. The number of nitrogens with zero attached hydrogens (tertiary/aromatic N) is 2. The fourth-order valence-electron chi connectivity index (χ4n) is 2.90.